The molecule has 5 nitrogen and oxygen atoms in total. The van der Waals surface area contributed by atoms with Crippen LogP contribution in [0, 0.1) is 0 Å². The molecule has 0 spiro atoms. The van der Waals surface area contributed by atoms with Crippen molar-refractivity contribution < 1.29 is 14.7 Å². The first-order chi connectivity index (χ1) is 10.1. The summed E-state index contributed by atoms with van der Waals surface area (Å²) in [6.07, 6.45) is 3.68. The molecule has 0 radical (unpaired) electrons. The van der Waals surface area contributed by atoms with Crippen LogP contribution >= 0.6 is 0 Å². The van der Waals surface area contributed by atoms with Crippen molar-refractivity contribution in [1.82, 2.24) is 4.90 Å². The van der Waals surface area contributed by atoms with Crippen molar-refractivity contribution in [3.05, 3.63) is 30.3 Å². The first-order valence-electron chi connectivity index (χ1n) is 7.48. The summed E-state index contributed by atoms with van der Waals surface area (Å²) >= 11 is 0. The van der Waals surface area contributed by atoms with E-state index in [1.807, 2.05) is 30.3 Å². The molecule has 1 aliphatic rings. The Labute approximate surface area is 125 Å². The van der Waals surface area contributed by atoms with E-state index in [2.05, 4.69) is 6.92 Å². The summed E-state index contributed by atoms with van der Waals surface area (Å²) in [5, 5.41) is 9.03. The molecule has 114 valence electrons. The van der Waals surface area contributed by atoms with E-state index in [9.17, 15) is 9.59 Å². The van der Waals surface area contributed by atoms with Crippen molar-refractivity contribution in [3.63, 3.8) is 0 Å². The summed E-state index contributed by atoms with van der Waals surface area (Å²) in [5.74, 6) is -0.959. The van der Waals surface area contributed by atoms with Gasteiger partial charge in [0.15, 0.2) is 0 Å². The third-order valence-electron chi connectivity index (χ3n) is 3.57. The van der Waals surface area contributed by atoms with Crippen LogP contribution in [0.15, 0.2) is 30.3 Å². The quantitative estimate of drug-likeness (QED) is 0.839. The number of hydrogen-bond donors (Lipinski definition) is 1. The lowest BCUT2D eigenvalue weighted by Gasteiger charge is -2.30. The zero-order chi connectivity index (χ0) is 15.2. The summed E-state index contributed by atoms with van der Waals surface area (Å²) in [7, 11) is 0. The highest BCUT2D eigenvalue weighted by Gasteiger charge is 2.36. The first-order valence-corrected chi connectivity index (χ1v) is 7.48. The first kappa shape index (κ1) is 15.4. The number of para-hydroxylation sites is 1. The number of urea groups is 1. The second-order valence-corrected chi connectivity index (χ2v) is 5.38. The number of amides is 2. The van der Waals surface area contributed by atoms with Crippen LogP contribution in [-0.2, 0) is 4.79 Å². The van der Waals surface area contributed by atoms with Gasteiger partial charge in [-0.25, -0.2) is 4.79 Å². The summed E-state index contributed by atoms with van der Waals surface area (Å²) in [6, 6.07) is 9.35. The van der Waals surface area contributed by atoms with Gasteiger partial charge in [0.25, 0.3) is 0 Å². The lowest BCUT2D eigenvalue weighted by atomic mass is 10.2. The van der Waals surface area contributed by atoms with E-state index >= 15 is 0 Å². The van der Waals surface area contributed by atoms with Crippen molar-refractivity contribution in [2.45, 2.75) is 38.6 Å². The van der Waals surface area contributed by atoms with E-state index < -0.39 is 5.97 Å². The van der Waals surface area contributed by atoms with E-state index in [-0.39, 0.29) is 18.6 Å². The predicted molar refractivity (Wildman–Crippen MR) is 81.5 cm³/mol. The Balaban J connectivity index is 2.17. The average molecular weight is 290 g/mol. The number of carboxylic acid groups (broad SMARTS) is 1. The van der Waals surface area contributed by atoms with Gasteiger partial charge in [-0.05, 0) is 31.4 Å². The molecule has 1 aromatic rings. The molecule has 1 fully saturated rings. The number of benzene rings is 1. The van der Waals surface area contributed by atoms with Crippen molar-refractivity contribution in [3.8, 4) is 0 Å². The number of carbonyl (C=O) groups is 2. The molecule has 5 heteroatoms. The Kier molecular flexibility index (Phi) is 5.20. The summed E-state index contributed by atoms with van der Waals surface area (Å²) in [6.45, 7) is 2.46. The van der Waals surface area contributed by atoms with Gasteiger partial charge in [-0.15, -0.1) is 0 Å². The molecule has 1 aromatic carbocycles. The number of hydrogen-bond acceptors (Lipinski definition) is 2. The van der Waals surface area contributed by atoms with Crippen molar-refractivity contribution in [2.24, 2.45) is 0 Å². The topological polar surface area (TPSA) is 60.9 Å². The Morgan fingerprint density at radius 1 is 1.24 bits per heavy atom. The lowest BCUT2D eigenvalue weighted by Crippen LogP contribution is -2.47. The molecule has 21 heavy (non-hydrogen) atoms. The maximum Gasteiger partial charge on any atom is 0.325 e. The minimum atomic E-state index is -0.959. The summed E-state index contributed by atoms with van der Waals surface area (Å²) in [5.41, 5.74) is 0.826. The standard InChI is InChI=1S/C16H22N2O3/c1-2-3-11-17(13-7-5-4-6-8-13)16(21)18(12-15(19)20)14-9-10-14/h4-8,14H,2-3,9-12H2,1H3,(H,19,20). The molecule has 0 atom stereocenters. The molecule has 2 rings (SSSR count). The lowest BCUT2D eigenvalue weighted by molar-refractivity contribution is -0.137. The van der Waals surface area contributed by atoms with Crippen LogP contribution in [0.3, 0.4) is 0 Å². The van der Waals surface area contributed by atoms with Crippen LogP contribution in [-0.4, -0.2) is 41.1 Å². The molecule has 0 bridgehead atoms. The largest absolute Gasteiger partial charge is 0.480 e. The minimum Gasteiger partial charge on any atom is -0.480 e. The van der Waals surface area contributed by atoms with Gasteiger partial charge in [0.2, 0.25) is 0 Å². The van der Waals surface area contributed by atoms with E-state index in [1.54, 1.807) is 4.90 Å². The van der Waals surface area contributed by atoms with Gasteiger partial charge in [0.05, 0.1) is 0 Å². The molecule has 1 aliphatic carbocycles. The van der Waals surface area contributed by atoms with Crippen molar-refractivity contribution in [1.29, 1.82) is 0 Å². The minimum absolute atomic E-state index is 0.0847. The van der Waals surface area contributed by atoms with E-state index in [0.717, 1.165) is 31.4 Å². The van der Waals surface area contributed by atoms with Crippen LogP contribution in [0.2, 0.25) is 0 Å². The number of carbonyl (C=O) groups excluding carboxylic acids is 1. The van der Waals surface area contributed by atoms with Gasteiger partial charge < -0.3 is 10.0 Å². The monoisotopic (exact) mass is 290 g/mol. The zero-order valence-electron chi connectivity index (χ0n) is 12.4. The smallest absolute Gasteiger partial charge is 0.325 e. The van der Waals surface area contributed by atoms with Crippen LogP contribution in [0.25, 0.3) is 0 Å². The fourth-order valence-corrected chi connectivity index (χ4v) is 2.30. The number of anilines is 1. The van der Waals surface area contributed by atoms with E-state index in [0.29, 0.717) is 6.54 Å². The normalized spacial score (nSPS) is 13.8. The molecular weight excluding hydrogens is 268 g/mol. The van der Waals surface area contributed by atoms with Crippen LogP contribution in [0.4, 0.5) is 10.5 Å². The van der Waals surface area contributed by atoms with Crippen molar-refractivity contribution >= 4 is 17.7 Å². The second kappa shape index (κ2) is 7.11. The molecule has 2 amide bonds. The number of carboxylic acids is 1. The second-order valence-electron chi connectivity index (χ2n) is 5.38. The highest BCUT2D eigenvalue weighted by molar-refractivity contribution is 5.94. The molecule has 0 aliphatic heterocycles. The molecule has 1 N–H and O–H groups in total. The molecular formula is C16H22N2O3. The Morgan fingerprint density at radius 3 is 2.43 bits per heavy atom. The van der Waals surface area contributed by atoms with E-state index in [1.165, 1.54) is 4.90 Å². The van der Waals surface area contributed by atoms with E-state index in [4.69, 9.17) is 5.11 Å². The molecule has 0 heterocycles. The molecule has 1 saturated carbocycles. The number of nitrogens with zero attached hydrogens (tertiary/aromatic N) is 2. The molecule has 0 saturated heterocycles. The summed E-state index contributed by atoms with van der Waals surface area (Å²) in [4.78, 5) is 27.0. The van der Waals surface area contributed by atoms with Gasteiger partial charge in [-0.1, -0.05) is 31.5 Å². The predicted octanol–water partition coefficient (Wildman–Crippen LogP) is 2.96. The van der Waals surface area contributed by atoms with Crippen LogP contribution in [0.5, 0.6) is 0 Å². The average Bonchev–Trinajstić information content (AvgIpc) is 3.30. The maximum atomic E-state index is 12.8. The highest BCUT2D eigenvalue weighted by Crippen LogP contribution is 2.29. The third-order valence-corrected chi connectivity index (χ3v) is 3.57. The molecule has 0 unspecified atom stereocenters. The van der Waals surface area contributed by atoms with Gasteiger partial charge in [-0.2, -0.15) is 0 Å². The Morgan fingerprint density at radius 2 is 1.90 bits per heavy atom. The van der Waals surface area contributed by atoms with Crippen LogP contribution in [0.1, 0.15) is 32.6 Å². The fourth-order valence-electron chi connectivity index (χ4n) is 2.30. The Bertz CT molecular complexity index is 486. The van der Waals surface area contributed by atoms with Gasteiger partial charge in [-0.3, -0.25) is 9.69 Å². The highest BCUT2D eigenvalue weighted by atomic mass is 16.4. The van der Waals surface area contributed by atoms with Crippen molar-refractivity contribution in [2.75, 3.05) is 18.0 Å². The maximum absolute atomic E-state index is 12.8. The van der Waals surface area contributed by atoms with Gasteiger partial charge in [0, 0.05) is 18.3 Å². The fraction of sp³-hybridized carbons (Fsp3) is 0.500. The Hall–Kier alpha value is -2.04. The number of aliphatic carboxylic acids is 1. The number of unbranched alkanes of at least 4 members (excludes halogenated alkanes) is 1. The summed E-state index contributed by atoms with van der Waals surface area (Å²) < 4.78 is 0. The van der Waals surface area contributed by atoms with Gasteiger partial charge in [0.1, 0.15) is 6.54 Å². The molecule has 0 aromatic heterocycles. The van der Waals surface area contributed by atoms with Crippen LogP contribution < -0.4 is 4.90 Å². The van der Waals surface area contributed by atoms with Gasteiger partial charge >= 0.3 is 12.0 Å². The number of rotatable bonds is 7. The third kappa shape index (κ3) is 4.21. The zero-order valence-corrected chi connectivity index (χ0v) is 12.4. The SMILES string of the molecule is CCCCN(C(=O)N(CC(=O)O)C1CC1)c1ccccc1.